The van der Waals surface area contributed by atoms with Gasteiger partial charge in [0, 0.05) is 20.1 Å². The van der Waals surface area contributed by atoms with Crippen molar-refractivity contribution in [2.45, 2.75) is 6.92 Å². The molecule has 3 nitrogen and oxygen atoms in total. The molecule has 0 fully saturated rings. The molecular weight excluding hydrogens is 336 g/mol. The highest BCUT2D eigenvalue weighted by Crippen LogP contribution is 2.28. The van der Waals surface area contributed by atoms with E-state index in [9.17, 15) is 4.79 Å². The van der Waals surface area contributed by atoms with Crippen molar-refractivity contribution in [3.8, 4) is 0 Å². The Morgan fingerprint density at radius 2 is 2.17 bits per heavy atom. The third-order valence-corrected chi connectivity index (χ3v) is 4.35. The number of aryl methyl sites for hydroxylation is 1. The highest BCUT2D eigenvalue weighted by Gasteiger charge is 2.12. The Kier molecular flexibility index (Phi) is 3.94. The number of halogens is 2. The molecule has 1 aromatic heterocycles. The van der Waals surface area contributed by atoms with Crippen molar-refractivity contribution in [3.63, 3.8) is 0 Å². The van der Waals surface area contributed by atoms with E-state index in [-0.39, 0.29) is 5.91 Å². The molecular formula is C12H10BrClN2OS. The van der Waals surface area contributed by atoms with Crippen LogP contribution < -0.4 is 11.1 Å². The van der Waals surface area contributed by atoms with E-state index < -0.39 is 0 Å². The average Bonchev–Trinajstić information content (AvgIpc) is 2.64. The number of thiophene rings is 1. The van der Waals surface area contributed by atoms with Gasteiger partial charge in [0.05, 0.1) is 10.6 Å². The van der Waals surface area contributed by atoms with Gasteiger partial charge in [-0.25, -0.2) is 0 Å². The van der Waals surface area contributed by atoms with E-state index in [1.165, 1.54) is 11.3 Å². The zero-order chi connectivity index (χ0) is 13.3. The molecule has 2 rings (SSSR count). The van der Waals surface area contributed by atoms with E-state index in [2.05, 4.69) is 21.2 Å². The van der Waals surface area contributed by atoms with E-state index in [1.807, 2.05) is 6.92 Å². The lowest BCUT2D eigenvalue weighted by Gasteiger charge is -2.06. The monoisotopic (exact) mass is 344 g/mol. The topological polar surface area (TPSA) is 55.1 Å². The SMILES string of the molecule is Cc1sc(C(=O)Nc2cc(Cl)ccc2Br)cc1N. The summed E-state index contributed by atoms with van der Waals surface area (Å²) in [6.45, 7) is 1.88. The Bertz CT molecular complexity index is 593. The number of hydrogen-bond acceptors (Lipinski definition) is 3. The lowest BCUT2D eigenvalue weighted by atomic mass is 10.3. The maximum atomic E-state index is 12.0. The van der Waals surface area contributed by atoms with Crippen LogP contribution in [0.15, 0.2) is 28.7 Å². The molecule has 1 aromatic carbocycles. The van der Waals surface area contributed by atoms with E-state index in [0.29, 0.717) is 21.3 Å². The van der Waals surface area contributed by atoms with Crippen LogP contribution in [0.4, 0.5) is 11.4 Å². The summed E-state index contributed by atoms with van der Waals surface area (Å²) in [7, 11) is 0. The van der Waals surface area contributed by atoms with Crippen molar-refractivity contribution in [1.29, 1.82) is 0 Å². The van der Waals surface area contributed by atoms with E-state index in [4.69, 9.17) is 17.3 Å². The maximum Gasteiger partial charge on any atom is 0.265 e. The normalized spacial score (nSPS) is 10.4. The smallest absolute Gasteiger partial charge is 0.265 e. The molecule has 0 spiro atoms. The molecule has 1 amide bonds. The summed E-state index contributed by atoms with van der Waals surface area (Å²) in [5.74, 6) is -0.192. The molecule has 0 aliphatic rings. The predicted molar refractivity (Wildman–Crippen MR) is 80.6 cm³/mol. The van der Waals surface area contributed by atoms with Gasteiger partial charge in [0.15, 0.2) is 0 Å². The molecule has 0 bridgehead atoms. The van der Waals surface area contributed by atoms with Crippen LogP contribution in [-0.4, -0.2) is 5.91 Å². The van der Waals surface area contributed by atoms with Gasteiger partial charge < -0.3 is 11.1 Å². The summed E-state index contributed by atoms with van der Waals surface area (Å²) in [5.41, 5.74) is 7.00. The van der Waals surface area contributed by atoms with Crippen LogP contribution >= 0.6 is 38.9 Å². The first-order chi connectivity index (χ1) is 8.47. The molecule has 0 radical (unpaired) electrons. The second kappa shape index (κ2) is 5.30. The van der Waals surface area contributed by atoms with Gasteiger partial charge in [-0.1, -0.05) is 11.6 Å². The summed E-state index contributed by atoms with van der Waals surface area (Å²) in [6, 6.07) is 6.89. The Balaban J connectivity index is 2.23. The summed E-state index contributed by atoms with van der Waals surface area (Å²) in [6.07, 6.45) is 0. The van der Waals surface area contributed by atoms with Gasteiger partial charge >= 0.3 is 0 Å². The van der Waals surface area contributed by atoms with E-state index in [1.54, 1.807) is 24.3 Å². The molecule has 6 heteroatoms. The minimum atomic E-state index is -0.192. The highest BCUT2D eigenvalue weighted by molar-refractivity contribution is 9.10. The molecule has 18 heavy (non-hydrogen) atoms. The van der Waals surface area contributed by atoms with Crippen LogP contribution in [0.2, 0.25) is 5.02 Å². The van der Waals surface area contributed by atoms with Gasteiger partial charge in [-0.05, 0) is 47.1 Å². The number of benzene rings is 1. The van der Waals surface area contributed by atoms with Gasteiger partial charge in [-0.15, -0.1) is 11.3 Å². The fourth-order valence-corrected chi connectivity index (χ4v) is 2.74. The number of hydrogen-bond donors (Lipinski definition) is 2. The van der Waals surface area contributed by atoms with Gasteiger partial charge in [-0.3, -0.25) is 4.79 Å². The third-order valence-electron chi connectivity index (χ3n) is 2.36. The molecule has 0 saturated carbocycles. The zero-order valence-corrected chi connectivity index (χ0v) is 12.6. The molecule has 3 N–H and O–H groups in total. The van der Waals surface area contributed by atoms with Gasteiger partial charge in [-0.2, -0.15) is 0 Å². The summed E-state index contributed by atoms with van der Waals surface area (Å²) in [4.78, 5) is 13.5. The molecule has 94 valence electrons. The lowest BCUT2D eigenvalue weighted by molar-refractivity contribution is 0.103. The fraction of sp³-hybridized carbons (Fsp3) is 0.0833. The second-order valence-electron chi connectivity index (χ2n) is 3.70. The summed E-state index contributed by atoms with van der Waals surface area (Å²) in [5, 5.41) is 3.36. The highest BCUT2D eigenvalue weighted by atomic mass is 79.9. The van der Waals surface area contributed by atoms with Crippen molar-refractivity contribution < 1.29 is 4.79 Å². The first kappa shape index (κ1) is 13.4. The van der Waals surface area contributed by atoms with Gasteiger partial charge in [0.1, 0.15) is 0 Å². The van der Waals surface area contributed by atoms with E-state index >= 15 is 0 Å². The van der Waals surface area contributed by atoms with Crippen LogP contribution in [0.5, 0.6) is 0 Å². The van der Waals surface area contributed by atoms with E-state index in [0.717, 1.165) is 9.35 Å². The van der Waals surface area contributed by atoms with Crippen LogP contribution in [0.3, 0.4) is 0 Å². The molecule has 2 aromatic rings. The molecule has 0 atom stereocenters. The standard InChI is InChI=1S/C12H10BrClN2OS/c1-6-9(15)5-11(18-6)12(17)16-10-4-7(14)2-3-8(10)13/h2-5H,15H2,1H3,(H,16,17). The molecule has 0 aliphatic heterocycles. The van der Waals surface area contributed by atoms with Crippen molar-refractivity contribution in [2.24, 2.45) is 0 Å². The number of amides is 1. The number of rotatable bonds is 2. The number of carbonyl (C=O) groups is 1. The molecule has 0 unspecified atom stereocenters. The number of anilines is 2. The molecule has 0 aliphatic carbocycles. The summed E-state index contributed by atoms with van der Waals surface area (Å²) >= 11 is 10.6. The zero-order valence-electron chi connectivity index (χ0n) is 9.46. The Morgan fingerprint density at radius 3 is 2.78 bits per heavy atom. The number of carbonyl (C=O) groups excluding carboxylic acids is 1. The van der Waals surface area contributed by atoms with Crippen molar-refractivity contribution >= 4 is 56.1 Å². The molecule has 1 heterocycles. The fourth-order valence-electron chi connectivity index (χ4n) is 1.39. The second-order valence-corrected chi connectivity index (χ2v) is 6.25. The maximum absolute atomic E-state index is 12.0. The average molecular weight is 346 g/mol. The Morgan fingerprint density at radius 1 is 1.44 bits per heavy atom. The quantitative estimate of drug-likeness (QED) is 0.852. The van der Waals surface area contributed by atoms with Crippen molar-refractivity contribution in [3.05, 3.63) is 43.5 Å². The van der Waals surface area contributed by atoms with Gasteiger partial charge in [0.2, 0.25) is 0 Å². The summed E-state index contributed by atoms with van der Waals surface area (Å²) < 4.78 is 0.779. The van der Waals surface area contributed by atoms with Crippen LogP contribution in [-0.2, 0) is 0 Å². The predicted octanol–water partition coefficient (Wildman–Crippen LogP) is 4.31. The van der Waals surface area contributed by atoms with Crippen LogP contribution in [0.25, 0.3) is 0 Å². The first-order valence-electron chi connectivity index (χ1n) is 5.09. The van der Waals surface area contributed by atoms with Crippen LogP contribution in [0.1, 0.15) is 14.5 Å². The minimum absolute atomic E-state index is 0.192. The largest absolute Gasteiger partial charge is 0.398 e. The molecule has 0 saturated heterocycles. The minimum Gasteiger partial charge on any atom is -0.398 e. The van der Waals surface area contributed by atoms with Crippen molar-refractivity contribution in [1.82, 2.24) is 0 Å². The number of nitrogen functional groups attached to an aromatic ring is 1. The van der Waals surface area contributed by atoms with Gasteiger partial charge in [0.25, 0.3) is 5.91 Å². The Hall–Kier alpha value is -1.04. The number of nitrogens with one attached hydrogen (secondary N) is 1. The van der Waals surface area contributed by atoms with Crippen molar-refractivity contribution in [2.75, 3.05) is 11.1 Å². The Labute approximate surface area is 122 Å². The number of nitrogens with two attached hydrogens (primary N) is 1. The lowest BCUT2D eigenvalue weighted by Crippen LogP contribution is -2.10. The van der Waals surface area contributed by atoms with Crippen LogP contribution in [0, 0.1) is 6.92 Å². The third kappa shape index (κ3) is 2.85. The first-order valence-corrected chi connectivity index (χ1v) is 7.08.